The van der Waals surface area contributed by atoms with Gasteiger partial charge in [0.2, 0.25) is 5.91 Å². The molecule has 0 unspecified atom stereocenters. The summed E-state index contributed by atoms with van der Waals surface area (Å²) < 4.78 is 2.21. The lowest BCUT2D eigenvalue weighted by Gasteiger charge is -2.32. The zero-order valence-electron chi connectivity index (χ0n) is 18.2. The number of rotatable bonds is 4. The zero-order valence-corrected chi connectivity index (χ0v) is 19.0. The van der Waals surface area contributed by atoms with Crippen LogP contribution in [0.5, 0.6) is 0 Å². The zero-order chi connectivity index (χ0) is 21.5. The van der Waals surface area contributed by atoms with E-state index >= 15 is 0 Å². The van der Waals surface area contributed by atoms with E-state index < -0.39 is 0 Å². The lowest BCUT2D eigenvalue weighted by molar-refractivity contribution is -0.120. The van der Waals surface area contributed by atoms with Crippen molar-refractivity contribution >= 4 is 49.9 Å². The molecule has 4 aromatic rings. The number of carbonyl (C=O) groups excluding carboxylic acids is 1. The Balaban J connectivity index is 1.27. The minimum Gasteiger partial charge on any atom is -0.356 e. The van der Waals surface area contributed by atoms with Gasteiger partial charge in [0.15, 0.2) is 0 Å². The van der Waals surface area contributed by atoms with Crippen molar-refractivity contribution in [3.63, 3.8) is 0 Å². The van der Waals surface area contributed by atoms with Gasteiger partial charge in [-0.2, -0.15) is 0 Å². The number of benzene rings is 1. The van der Waals surface area contributed by atoms with Gasteiger partial charge in [0.25, 0.3) is 0 Å². The predicted molar refractivity (Wildman–Crippen MR) is 128 cm³/mol. The summed E-state index contributed by atoms with van der Waals surface area (Å²) in [4.78, 5) is 26.6. The second-order valence-corrected chi connectivity index (χ2v) is 9.49. The summed E-state index contributed by atoms with van der Waals surface area (Å²) in [7, 11) is 0. The van der Waals surface area contributed by atoms with Crippen molar-refractivity contribution < 1.29 is 4.79 Å². The molecule has 0 saturated carbocycles. The van der Waals surface area contributed by atoms with Crippen molar-refractivity contribution in [1.29, 1.82) is 0 Å². The topological polar surface area (TPSA) is 63.1 Å². The van der Waals surface area contributed by atoms with Crippen LogP contribution in [0, 0.1) is 19.8 Å². The van der Waals surface area contributed by atoms with Gasteiger partial charge in [0.1, 0.15) is 17.0 Å². The van der Waals surface area contributed by atoms with Crippen molar-refractivity contribution in [3.8, 4) is 0 Å². The SMILES string of the molecule is CCn1ccc2cc(NC(=O)C3CCN(c4ncnc5sc(C)c(C)c45)CC3)ccc21. The quantitative estimate of drug-likeness (QED) is 0.484. The van der Waals surface area contributed by atoms with Crippen LogP contribution in [0.15, 0.2) is 36.8 Å². The Bertz CT molecular complexity index is 1270. The van der Waals surface area contributed by atoms with Gasteiger partial charge >= 0.3 is 0 Å². The summed E-state index contributed by atoms with van der Waals surface area (Å²) in [5.41, 5.74) is 3.34. The number of aryl methyl sites for hydroxylation is 3. The molecule has 1 fully saturated rings. The second-order valence-electron chi connectivity index (χ2n) is 8.29. The number of hydrogen-bond donors (Lipinski definition) is 1. The first-order chi connectivity index (χ1) is 15.0. The summed E-state index contributed by atoms with van der Waals surface area (Å²) in [6.45, 7) is 9.02. The molecule has 5 rings (SSSR count). The highest BCUT2D eigenvalue weighted by Gasteiger charge is 2.27. The summed E-state index contributed by atoms with van der Waals surface area (Å²) in [5, 5.41) is 5.46. The van der Waals surface area contributed by atoms with Crippen molar-refractivity contribution in [2.75, 3.05) is 23.3 Å². The number of nitrogens with zero attached hydrogens (tertiary/aromatic N) is 4. The molecule has 0 bridgehead atoms. The third-order valence-electron chi connectivity index (χ3n) is 6.49. The second kappa shape index (κ2) is 7.96. The standard InChI is InChI=1S/C24H27N5OS/c1-4-28-10-9-18-13-19(5-6-20(18)28)27-23(30)17-7-11-29(12-8-17)22-21-15(2)16(3)31-24(21)26-14-25-22/h5-6,9-10,13-14,17H,4,7-8,11-12H2,1-3H3,(H,27,30). The van der Waals surface area contributed by atoms with Crippen LogP contribution in [0.1, 0.15) is 30.2 Å². The highest BCUT2D eigenvalue weighted by Crippen LogP contribution is 2.35. The third-order valence-corrected chi connectivity index (χ3v) is 7.61. The van der Waals surface area contributed by atoms with Crippen molar-refractivity contribution in [1.82, 2.24) is 14.5 Å². The van der Waals surface area contributed by atoms with Crippen LogP contribution in [0.25, 0.3) is 21.1 Å². The molecule has 1 aliphatic heterocycles. The molecule has 31 heavy (non-hydrogen) atoms. The first-order valence-corrected chi connectivity index (χ1v) is 11.7. The number of anilines is 2. The van der Waals surface area contributed by atoms with Crippen LogP contribution in [-0.4, -0.2) is 33.5 Å². The first kappa shape index (κ1) is 20.0. The Morgan fingerprint density at radius 3 is 2.77 bits per heavy atom. The number of piperidine rings is 1. The Morgan fingerprint density at radius 2 is 2.00 bits per heavy atom. The van der Waals surface area contributed by atoms with Gasteiger partial charge in [-0.3, -0.25) is 4.79 Å². The fraction of sp³-hybridized carbons (Fsp3) is 0.375. The molecule has 1 saturated heterocycles. The van der Waals surface area contributed by atoms with Gasteiger partial charge in [-0.1, -0.05) is 0 Å². The maximum absolute atomic E-state index is 12.9. The maximum Gasteiger partial charge on any atom is 0.227 e. The number of nitrogens with one attached hydrogen (secondary N) is 1. The Labute approximate surface area is 185 Å². The lowest BCUT2D eigenvalue weighted by atomic mass is 9.95. The molecule has 1 amide bonds. The third kappa shape index (κ3) is 3.57. The molecule has 0 radical (unpaired) electrons. The van der Waals surface area contributed by atoms with E-state index in [1.165, 1.54) is 21.3 Å². The molecule has 1 aliphatic rings. The Kier molecular flexibility index (Phi) is 5.14. The van der Waals surface area contributed by atoms with Crippen molar-refractivity contribution in [2.45, 2.75) is 40.2 Å². The van der Waals surface area contributed by atoms with Crippen LogP contribution in [0.3, 0.4) is 0 Å². The summed E-state index contributed by atoms with van der Waals surface area (Å²) in [5.74, 6) is 1.15. The van der Waals surface area contributed by atoms with Crippen LogP contribution < -0.4 is 10.2 Å². The first-order valence-electron chi connectivity index (χ1n) is 10.9. The van der Waals surface area contributed by atoms with E-state index in [4.69, 9.17) is 0 Å². The largest absolute Gasteiger partial charge is 0.356 e. The molecule has 0 atom stereocenters. The summed E-state index contributed by atoms with van der Waals surface area (Å²) >= 11 is 1.72. The van der Waals surface area contributed by atoms with Gasteiger partial charge in [0.05, 0.1) is 5.39 Å². The van der Waals surface area contributed by atoms with Crippen molar-refractivity contribution in [3.05, 3.63) is 47.2 Å². The van der Waals surface area contributed by atoms with Gasteiger partial charge in [-0.15, -0.1) is 11.3 Å². The molecule has 0 aliphatic carbocycles. The summed E-state index contributed by atoms with van der Waals surface area (Å²) in [6, 6.07) is 8.25. The molecule has 7 heteroatoms. The number of thiophene rings is 1. The highest BCUT2D eigenvalue weighted by molar-refractivity contribution is 7.18. The van der Waals surface area contributed by atoms with Crippen LogP contribution >= 0.6 is 11.3 Å². The minimum atomic E-state index is 0.0230. The van der Waals surface area contributed by atoms with Gasteiger partial charge in [0, 0.05) is 53.2 Å². The fourth-order valence-electron chi connectivity index (χ4n) is 4.56. The summed E-state index contributed by atoms with van der Waals surface area (Å²) in [6.07, 6.45) is 5.41. The average Bonchev–Trinajstić information content (AvgIpc) is 3.33. The molecule has 4 heterocycles. The monoisotopic (exact) mass is 433 g/mol. The molecule has 160 valence electrons. The number of amides is 1. The lowest BCUT2D eigenvalue weighted by Crippen LogP contribution is -2.38. The molecule has 1 N–H and O–H groups in total. The normalized spacial score (nSPS) is 15.1. The van der Waals surface area contributed by atoms with E-state index in [0.29, 0.717) is 0 Å². The average molecular weight is 434 g/mol. The van der Waals surface area contributed by atoms with Gasteiger partial charge in [-0.05, 0) is 63.4 Å². The number of carbonyl (C=O) groups is 1. The van der Waals surface area contributed by atoms with E-state index in [9.17, 15) is 4.79 Å². The van der Waals surface area contributed by atoms with Gasteiger partial charge < -0.3 is 14.8 Å². The van der Waals surface area contributed by atoms with Gasteiger partial charge in [-0.25, -0.2) is 9.97 Å². The molecular formula is C24H27N5OS. The van der Waals surface area contributed by atoms with E-state index in [1.807, 2.05) is 6.07 Å². The number of aromatic nitrogens is 3. The molecule has 0 spiro atoms. The van der Waals surface area contributed by atoms with Crippen LogP contribution in [-0.2, 0) is 11.3 Å². The smallest absolute Gasteiger partial charge is 0.227 e. The number of fused-ring (bicyclic) bond motifs is 2. The number of hydrogen-bond acceptors (Lipinski definition) is 5. The maximum atomic E-state index is 12.9. The Hall–Kier alpha value is -2.93. The molecule has 6 nitrogen and oxygen atoms in total. The fourth-order valence-corrected chi connectivity index (χ4v) is 5.55. The molecule has 3 aromatic heterocycles. The highest BCUT2D eigenvalue weighted by atomic mass is 32.1. The van der Waals surface area contributed by atoms with Crippen LogP contribution in [0.2, 0.25) is 0 Å². The Morgan fingerprint density at radius 1 is 1.19 bits per heavy atom. The van der Waals surface area contributed by atoms with E-state index in [1.54, 1.807) is 17.7 Å². The van der Waals surface area contributed by atoms with Crippen molar-refractivity contribution in [2.24, 2.45) is 5.92 Å². The van der Waals surface area contributed by atoms with E-state index in [2.05, 4.69) is 69.9 Å². The van der Waals surface area contributed by atoms with E-state index in [-0.39, 0.29) is 11.8 Å². The minimum absolute atomic E-state index is 0.0230. The van der Waals surface area contributed by atoms with E-state index in [0.717, 1.165) is 54.2 Å². The molecular weight excluding hydrogens is 406 g/mol. The molecule has 1 aromatic carbocycles. The predicted octanol–water partition coefficient (Wildman–Crippen LogP) is 5.14. The van der Waals surface area contributed by atoms with Crippen LogP contribution in [0.4, 0.5) is 11.5 Å².